The summed E-state index contributed by atoms with van der Waals surface area (Å²) < 4.78 is 0. The third-order valence-corrected chi connectivity index (χ3v) is 6.18. The van der Waals surface area contributed by atoms with Crippen molar-refractivity contribution in [3.05, 3.63) is 100 Å². The Morgan fingerprint density at radius 2 is 1.59 bits per heavy atom. The highest BCUT2D eigenvalue weighted by Crippen LogP contribution is 2.43. The van der Waals surface area contributed by atoms with E-state index < -0.39 is 4.92 Å². The Labute approximate surface area is 198 Å². The number of benzene rings is 3. The van der Waals surface area contributed by atoms with Crippen molar-refractivity contribution < 1.29 is 14.5 Å². The van der Waals surface area contributed by atoms with E-state index in [9.17, 15) is 19.7 Å². The topological polar surface area (TPSA) is 83.8 Å². The van der Waals surface area contributed by atoms with Crippen LogP contribution in [0, 0.1) is 16.0 Å². The Morgan fingerprint density at radius 3 is 2.21 bits per heavy atom. The molecule has 0 fully saturated rings. The number of carbonyl (C=O) groups is 2. The monoisotopic (exact) mass is 457 g/mol. The highest BCUT2D eigenvalue weighted by molar-refractivity contribution is 6.07. The molecule has 0 aliphatic carbocycles. The van der Waals surface area contributed by atoms with E-state index in [1.54, 1.807) is 29.2 Å². The van der Waals surface area contributed by atoms with Gasteiger partial charge in [0.1, 0.15) is 0 Å². The van der Waals surface area contributed by atoms with Crippen molar-refractivity contribution in [1.82, 2.24) is 0 Å². The molecule has 2 amide bonds. The first-order valence-corrected chi connectivity index (χ1v) is 11.3. The van der Waals surface area contributed by atoms with Crippen molar-refractivity contribution >= 4 is 28.9 Å². The van der Waals surface area contributed by atoms with Crippen molar-refractivity contribution in [2.75, 3.05) is 9.80 Å². The molecule has 0 saturated heterocycles. The van der Waals surface area contributed by atoms with Gasteiger partial charge in [0, 0.05) is 41.0 Å². The molecule has 0 aromatic heterocycles. The fourth-order valence-corrected chi connectivity index (χ4v) is 4.53. The Hall–Kier alpha value is -4.00. The average Bonchev–Trinajstić information content (AvgIpc) is 2.84. The minimum Gasteiger partial charge on any atom is -0.309 e. The number of nitro benzene ring substituents is 1. The number of amides is 2. The van der Waals surface area contributed by atoms with Gasteiger partial charge in [-0.3, -0.25) is 19.7 Å². The predicted octanol–water partition coefficient (Wildman–Crippen LogP) is 5.76. The van der Waals surface area contributed by atoms with E-state index in [-0.39, 0.29) is 35.5 Å². The first-order valence-electron chi connectivity index (χ1n) is 11.3. The molecule has 0 saturated carbocycles. The van der Waals surface area contributed by atoms with Crippen molar-refractivity contribution in [2.45, 2.75) is 39.3 Å². The third-order valence-electron chi connectivity index (χ3n) is 6.18. The van der Waals surface area contributed by atoms with Gasteiger partial charge in [0.05, 0.1) is 11.0 Å². The number of anilines is 2. The minimum absolute atomic E-state index is 0.0367. The molecule has 7 nitrogen and oxygen atoms in total. The highest BCUT2D eigenvalue weighted by atomic mass is 16.6. The van der Waals surface area contributed by atoms with E-state index in [0.717, 1.165) is 11.3 Å². The maximum atomic E-state index is 13.8. The molecule has 4 rings (SSSR count). The molecule has 2 atom stereocenters. The maximum Gasteiger partial charge on any atom is 0.269 e. The number of nitro groups is 1. The summed E-state index contributed by atoms with van der Waals surface area (Å²) in [6.45, 7) is 5.75. The summed E-state index contributed by atoms with van der Waals surface area (Å²) in [5.41, 5.74) is 2.71. The van der Waals surface area contributed by atoms with Crippen LogP contribution in [-0.2, 0) is 4.79 Å². The van der Waals surface area contributed by atoms with Gasteiger partial charge in [-0.15, -0.1) is 0 Å². The molecule has 3 aromatic rings. The molecular weight excluding hydrogens is 430 g/mol. The smallest absolute Gasteiger partial charge is 0.269 e. The first kappa shape index (κ1) is 23.2. The lowest BCUT2D eigenvalue weighted by Gasteiger charge is -2.44. The molecule has 7 heteroatoms. The van der Waals surface area contributed by atoms with Gasteiger partial charge in [0.15, 0.2) is 0 Å². The van der Waals surface area contributed by atoms with Crippen LogP contribution in [0.15, 0.2) is 78.9 Å². The number of carbonyl (C=O) groups excluding carboxylic acids is 2. The summed E-state index contributed by atoms with van der Waals surface area (Å²) in [5.74, 6) is -0.330. The molecule has 34 heavy (non-hydrogen) atoms. The lowest BCUT2D eigenvalue weighted by atomic mass is 9.88. The van der Waals surface area contributed by atoms with Gasteiger partial charge in [-0.05, 0) is 49.2 Å². The lowest BCUT2D eigenvalue weighted by Crippen LogP contribution is -2.49. The molecule has 1 aliphatic rings. The summed E-state index contributed by atoms with van der Waals surface area (Å²) in [6.07, 6.45) is 0.533. The molecule has 0 bridgehead atoms. The van der Waals surface area contributed by atoms with Gasteiger partial charge < -0.3 is 9.80 Å². The van der Waals surface area contributed by atoms with E-state index in [0.29, 0.717) is 17.7 Å². The van der Waals surface area contributed by atoms with Crippen molar-refractivity contribution in [1.29, 1.82) is 0 Å². The van der Waals surface area contributed by atoms with Crippen LogP contribution >= 0.6 is 0 Å². The SMILES string of the molecule is CC(C)C(=O)N1c2ccccc2[C@@H](N(C(=O)c2ccccc2)c2ccc([N+](=O)[O-])cc2)C[C@H]1C. The van der Waals surface area contributed by atoms with Crippen molar-refractivity contribution in [3.8, 4) is 0 Å². The fourth-order valence-electron chi connectivity index (χ4n) is 4.53. The molecule has 3 aromatic carbocycles. The van der Waals surface area contributed by atoms with Crippen molar-refractivity contribution in [3.63, 3.8) is 0 Å². The van der Waals surface area contributed by atoms with Gasteiger partial charge in [-0.2, -0.15) is 0 Å². The largest absolute Gasteiger partial charge is 0.309 e. The van der Waals surface area contributed by atoms with E-state index in [4.69, 9.17) is 0 Å². The van der Waals surface area contributed by atoms with Crippen LogP contribution in [0.25, 0.3) is 0 Å². The first-order chi connectivity index (χ1) is 16.3. The summed E-state index contributed by atoms with van der Waals surface area (Å²) in [6, 6.07) is 22.2. The fraction of sp³-hybridized carbons (Fsp3) is 0.259. The summed E-state index contributed by atoms with van der Waals surface area (Å²) in [5, 5.41) is 11.2. The zero-order valence-corrected chi connectivity index (χ0v) is 19.4. The Balaban J connectivity index is 1.85. The lowest BCUT2D eigenvalue weighted by molar-refractivity contribution is -0.384. The Bertz CT molecular complexity index is 1210. The van der Waals surface area contributed by atoms with E-state index in [1.165, 1.54) is 12.1 Å². The number of rotatable bonds is 5. The van der Waals surface area contributed by atoms with Crippen LogP contribution in [0.3, 0.4) is 0 Å². The number of fused-ring (bicyclic) bond motifs is 1. The Kier molecular flexibility index (Phi) is 6.45. The van der Waals surface area contributed by atoms with Gasteiger partial charge in [-0.1, -0.05) is 50.2 Å². The maximum absolute atomic E-state index is 13.8. The normalized spacial score (nSPS) is 17.2. The highest BCUT2D eigenvalue weighted by Gasteiger charge is 2.39. The minimum atomic E-state index is -0.458. The molecule has 0 radical (unpaired) electrons. The van der Waals surface area contributed by atoms with Crippen LogP contribution in [0.4, 0.5) is 17.1 Å². The van der Waals surface area contributed by atoms with Crippen LogP contribution in [0.1, 0.15) is 49.2 Å². The molecule has 0 unspecified atom stereocenters. The number of nitrogens with zero attached hydrogens (tertiary/aromatic N) is 3. The Morgan fingerprint density at radius 1 is 0.971 bits per heavy atom. The zero-order valence-electron chi connectivity index (χ0n) is 19.4. The molecule has 1 heterocycles. The van der Waals surface area contributed by atoms with Gasteiger partial charge >= 0.3 is 0 Å². The van der Waals surface area contributed by atoms with Gasteiger partial charge in [0.2, 0.25) is 5.91 Å². The number of non-ortho nitro benzene ring substituents is 1. The molecule has 0 spiro atoms. The van der Waals surface area contributed by atoms with Crippen molar-refractivity contribution in [2.24, 2.45) is 5.92 Å². The third kappa shape index (κ3) is 4.29. The quantitative estimate of drug-likeness (QED) is 0.360. The van der Waals surface area contributed by atoms with Gasteiger partial charge in [0.25, 0.3) is 11.6 Å². The average molecular weight is 458 g/mol. The second-order valence-corrected chi connectivity index (χ2v) is 8.84. The predicted molar refractivity (Wildman–Crippen MR) is 132 cm³/mol. The van der Waals surface area contributed by atoms with Crippen LogP contribution in [0.5, 0.6) is 0 Å². The standard InChI is InChI=1S/C27H27N3O4/c1-18(2)26(31)28-19(3)17-25(23-11-7-8-12-24(23)28)29(27(32)20-9-5-4-6-10-20)21-13-15-22(16-14-21)30(33)34/h4-16,18-19,25H,17H2,1-3H3/t19-,25+/m1/s1. The van der Waals surface area contributed by atoms with Crippen LogP contribution in [-0.4, -0.2) is 22.8 Å². The van der Waals surface area contributed by atoms with E-state index in [1.807, 2.05) is 68.1 Å². The summed E-state index contributed by atoms with van der Waals surface area (Å²) in [4.78, 5) is 41.1. The number of hydrogen-bond donors (Lipinski definition) is 0. The second-order valence-electron chi connectivity index (χ2n) is 8.84. The van der Waals surface area contributed by atoms with E-state index >= 15 is 0 Å². The number of hydrogen-bond acceptors (Lipinski definition) is 4. The van der Waals surface area contributed by atoms with Gasteiger partial charge in [-0.25, -0.2) is 0 Å². The summed E-state index contributed by atoms with van der Waals surface area (Å²) in [7, 11) is 0. The number of para-hydroxylation sites is 1. The second kappa shape index (κ2) is 9.47. The summed E-state index contributed by atoms with van der Waals surface area (Å²) >= 11 is 0. The van der Waals surface area contributed by atoms with Crippen LogP contribution in [0.2, 0.25) is 0 Å². The molecule has 1 aliphatic heterocycles. The molecule has 174 valence electrons. The molecular formula is C27H27N3O4. The van der Waals surface area contributed by atoms with E-state index in [2.05, 4.69) is 0 Å². The van der Waals surface area contributed by atoms with Crippen LogP contribution < -0.4 is 9.80 Å². The zero-order chi connectivity index (χ0) is 24.4. The molecule has 0 N–H and O–H groups in total.